The topological polar surface area (TPSA) is 76.8 Å². The Hall–Kier alpha value is -4.19. The van der Waals surface area contributed by atoms with Crippen LogP contribution >= 0.6 is 0 Å². The van der Waals surface area contributed by atoms with Crippen LogP contribution in [0.1, 0.15) is 60.3 Å². The van der Waals surface area contributed by atoms with Gasteiger partial charge in [0.15, 0.2) is 5.43 Å². The zero-order valence-corrected chi connectivity index (χ0v) is 20.0. The smallest absolute Gasteiger partial charge is 0.337 e. The first-order valence-corrected chi connectivity index (χ1v) is 11.4. The van der Waals surface area contributed by atoms with Crippen LogP contribution in [0.5, 0.6) is 0 Å². The molecule has 0 spiro atoms. The van der Waals surface area contributed by atoms with Crippen molar-refractivity contribution < 1.29 is 18.7 Å². The van der Waals surface area contributed by atoms with Gasteiger partial charge in [-0.3, -0.25) is 9.59 Å². The molecule has 6 heteroatoms. The lowest BCUT2D eigenvalue weighted by atomic mass is 9.96. The monoisotopic (exact) mass is 467 g/mol. The van der Waals surface area contributed by atoms with E-state index in [0.29, 0.717) is 34.2 Å². The number of hydrogen-bond acceptors (Lipinski definition) is 5. The Labute approximate surface area is 202 Å². The van der Waals surface area contributed by atoms with Gasteiger partial charge in [-0.25, -0.2) is 4.79 Å². The highest BCUT2D eigenvalue weighted by Crippen LogP contribution is 2.39. The van der Waals surface area contributed by atoms with Crippen molar-refractivity contribution in [3.8, 4) is 0 Å². The van der Waals surface area contributed by atoms with Crippen molar-refractivity contribution in [3.63, 3.8) is 0 Å². The van der Waals surface area contributed by atoms with Gasteiger partial charge >= 0.3 is 5.97 Å². The summed E-state index contributed by atoms with van der Waals surface area (Å²) in [5.74, 6) is -0.716. The van der Waals surface area contributed by atoms with E-state index in [4.69, 9.17) is 9.15 Å². The molecule has 6 nitrogen and oxygen atoms in total. The lowest BCUT2D eigenvalue weighted by Gasteiger charge is -2.25. The highest BCUT2D eigenvalue weighted by atomic mass is 16.5. The van der Waals surface area contributed by atoms with Gasteiger partial charge in [-0.2, -0.15) is 0 Å². The van der Waals surface area contributed by atoms with Gasteiger partial charge in [-0.15, -0.1) is 0 Å². The molecule has 1 atom stereocenters. The number of ether oxygens (including phenoxy) is 1. The van der Waals surface area contributed by atoms with E-state index in [0.717, 1.165) is 22.3 Å². The molecule has 0 aliphatic carbocycles. The average molecular weight is 468 g/mol. The number of aryl methyl sites for hydroxylation is 3. The summed E-state index contributed by atoms with van der Waals surface area (Å²) in [6.45, 7) is 6.20. The number of esters is 1. The van der Waals surface area contributed by atoms with Crippen molar-refractivity contribution in [3.05, 3.63) is 116 Å². The highest BCUT2D eigenvalue weighted by Gasteiger charge is 2.42. The minimum Gasteiger partial charge on any atom is -0.465 e. The maximum absolute atomic E-state index is 13.8. The first kappa shape index (κ1) is 22.6. The molecule has 0 bridgehead atoms. The zero-order valence-electron chi connectivity index (χ0n) is 20.0. The second kappa shape index (κ2) is 8.55. The maximum atomic E-state index is 13.8. The molecule has 0 unspecified atom stereocenters. The quantitative estimate of drug-likeness (QED) is 0.383. The number of rotatable bonds is 4. The molecule has 0 N–H and O–H groups in total. The summed E-state index contributed by atoms with van der Waals surface area (Å²) in [5.41, 5.74) is 5.64. The van der Waals surface area contributed by atoms with Gasteiger partial charge in [0.2, 0.25) is 5.76 Å². The van der Waals surface area contributed by atoms with Crippen molar-refractivity contribution in [2.24, 2.45) is 0 Å². The van der Waals surface area contributed by atoms with Crippen LogP contribution in [-0.2, 0) is 11.3 Å². The Morgan fingerprint density at radius 1 is 0.943 bits per heavy atom. The van der Waals surface area contributed by atoms with Crippen LogP contribution in [0.4, 0.5) is 0 Å². The second-order valence-electron chi connectivity index (χ2n) is 9.04. The van der Waals surface area contributed by atoms with E-state index < -0.39 is 12.0 Å². The Morgan fingerprint density at radius 3 is 2.26 bits per heavy atom. The molecule has 1 aliphatic rings. The minimum atomic E-state index is -0.646. The fourth-order valence-corrected chi connectivity index (χ4v) is 4.59. The van der Waals surface area contributed by atoms with Crippen LogP contribution in [0.15, 0.2) is 69.9 Å². The molecule has 176 valence electrons. The normalized spacial score (nSPS) is 14.9. The Morgan fingerprint density at radius 2 is 1.60 bits per heavy atom. The van der Waals surface area contributed by atoms with Crippen LogP contribution in [-0.4, -0.2) is 23.9 Å². The average Bonchev–Trinajstić information content (AvgIpc) is 3.13. The number of hydrogen-bond donors (Lipinski definition) is 0. The second-order valence-corrected chi connectivity index (χ2v) is 9.04. The van der Waals surface area contributed by atoms with Crippen LogP contribution < -0.4 is 5.43 Å². The zero-order chi connectivity index (χ0) is 24.9. The van der Waals surface area contributed by atoms with Crippen molar-refractivity contribution in [2.45, 2.75) is 33.4 Å². The predicted molar refractivity (Wildman–Crippen MR) is 133 cm³/mol. The molecule has 1 amide bonds. The Kier molecular flexibility index (Phi) is 5.52. The molecule has 3 aromatic carbocycles. The number of benzene rings is 3. The molecular formula is C29H25NO5. The van der Waals surface area contributed by atoms with Crippen LogP contribution in [0.2, 0.25) is 0 Å². The van der Waals surface area contributed by atoms with Crippen LogP contribution in [0.3, 0.4) is 0 Å². The first-order valence-electron chi connectivity index (χ1n) is 11.4. The molecular weight excluding hydrogens is 442 g/mol. The molecule has 0 saturated heterocycles. The van der Waals surface area contributed by atoms with Crippen molar-refractivity contribution in [2.75, 3.05) is 7.11 Å². The summed E-state index contributed by atoms with van der Waals surface area (Å²) in [6.07, 6.45) is 0. The number of carbonyl (C=O) groups excluding carboxylic acids is 2. The minimum absolute atomic E-state index is 0.0694. The number of carbonyl (C=O) groups is 2. The van der Waals surface area contributed by atoms with Crippen molar-refractivity contribution in [1.82, 2.24) is 4.90 Å². The molecule has 1 aromatic heterocycles. The number of fused-ring (bicyclic) bond motifs is 2. The highest BCUT2D eigenvalue weighted by molar-refractivity contribution is 5.99. The van der Waals surface area contributed by atoms with Gasteiger partial charge in [0.05, 0.1) is 29.7 Å². The summed E-state index contributed by atoms with van der Waals surface area (Å²) in [4.78, 5) is 41.0. The molecule has 0 radical (unpaired) electrons. The van der Waals surface area contributed by atoms with Gasteiger partial charge in [0.25, 0.3) is 5.91 Å². The number of amides is 1. The lowest BCUT2D eigenvalue weighted by Crippen LogP contribution is -2.29. The third-order valence-electron chi connectivity index (χ3n) is 6.70. The standard InChI is InChI=1S/C29H25NO5/c1-16-5-7-19(8-6-16)15-30-25(20-9-11-21(12-10-20)29(33)34-4)24-26(31)22-13-17(2)18(3)14-23(22)35-27(24)28(30)32/h5-14,25H,15H2,1-4H3/t25-/m0/s1. The van der Waals surface area contributed by atoms with E-state index in [1.807, 2.05) is 57.2 Å². The van der Waals surface area contributed by atoms with Crippen molar-refractivity contribution in [1.29, 1.82) is 0 Å². The van der Waals surface area contributed by atoms with E-state index >= 15 is 0 Å². The Balaban J connectivity index is 1.70. The number of nitrogens with zero attached hydrogens (tertiary/aromatic N) is 1. The third kappa shape index (κ3) is 3.81. The lowest BCUT2D eigenvalue weighted by molar-refractivity contribution is 0.0599. The number of methoxy groups -OCH3 is 1. The molecule has 0 saturated carbocycles. The van der Waals surface area contributed by atoms with Gasteiger partial charge in [0.1, 0.15) is 5.58 Å². The van der Waals surface area contributed by atoms with Crippen molar-refractivity contribution >= 4 is 22.8 Å². The summed E-state index contributed by atoms with van der Waals surface area (Å²) in [5, 5.41) is 0.452. The molecule has 5 rings (SSSR count). The Bertz CT molecular complexity index is 1530. The molecule has 35 heavy (non-hydrogen) atoms. The molecule has 2 heterocycles. The third-order valence-corrected chi connectivity index (χ3v) is 6.70. The first-order chi connectivity index (χ1) is 16.8. The summed E-state index contributed by atoms with van der Waals surface area (Å²) >= 11 is 0. The fourth-order valence-electron chi connectivity index (χ4n) is 4.59. The maximum Gasteiger partial charge on any atom is 0.337 e. The van der Waals surface area contributed by atoms with Crippen LogP contribution in [0.25, 0.3) is 11.0 Å². The molecule has 4 aromatic rings. The summed E-state index contributed by atoms with van der Waals surface area (Å²) < 4.78 is 10.9. The van der Waals surface area contributed by atoms with Gasteiger partial charge in [-0.05, 0) is 67.3 Å². The molecule has 1 aliphatic heterocycles. The van der Waals surface area contributed by atoms with E-state index in [1.54, 1.807) is 29.2 Å². The largest absolute Gasteiger partial charge is 0.465 e. The van der Waals surface area contributed by atoms with E-state index in [9.17, 15) is 14.4 Å². The van der Waals surface area contributed by atoms with Crippen LogP contribution in [0, 0.1) is 20.8 Å². The molecule has 0 fully saturated rings. The van der Waals surface area contributed by atoms with E-state index in [-0.39, 0.29) is 17.1 Å². The summed E-state index contributed by atoms with van der Waals surface area (Å²) in [6, 6.07) is 17.7. The van der Waals surface area contributed by atoms with Gasteiger partial charge in [-0.1, -0.05) is 42.0 Å². The summed E-state index contributed by atoms with van der Waals surface area (Å²) in [7, 11) is 1.32. The predicted octanol–water partition coefficient (Wildman–Crippen LogP) is 5.25. The van der Waals surface area contributed by atoms with Gasteiger partial charge < -0.3 is 14.1 Å². The fraction of sp³-hybridized carbons (Fsp3) is 0.207. The van der Waals surface area contributed by atoms with Gasteiger partial charge in [0, 0.05) is 6.54 Å². The van der Waals surface area contributed by atoms with E-state index in [1.165, 1.54) is 7.11 Å². The van der Waals surface area contributed by atoms with E-state index in [2.05, 4.69) is 0 Å². The SMILES string of the molecule is COC(=O)c1ccc([C@H]2c3c(oc4cc(C)c(C)cc4c3=O)C(=O)N2Cc2ccc(C)cc2)cc1.